The van der Waals surface area contributed by atoms with E-state index in [-0.39, 0.29) is 5.78 Å². The molecule has 0 aromatic heterocycles. The van der Waals surface area contributed by atoms with Crippen molar-refractivity contribution < 1.29 is 4.79 Å². The topological polar surface area (TPSA) is 17.1 Å². The van der Waals surface area contributed by atoms with Crippen LogP contribution in [0.2, 0.25) is 5.02 Å². The van der Waals surface area contributed by atoms with E-state index >= 15 is 0 Å². The number of rotatable bonds is 4. The molecule has 0 aliphatic carbocycles. The zero-order valence-corrected chi connectivity index (χ0v) is 8.92. The maximum Gasteiger partial charge on any atom is 0.159 e. The number of halogens is 1. The van der Waals surface area contributed by atoms with E-state index < -0.39 is 0 Å². The van der Waals surface area contributed by atoms with Gasteiger partial charge in [0.25, 0.3) is 0 Å². The average molecular weight is 209 g/mol. The predicted molar refractivity (Wildman–Crippen MR) is 59.6 cm³/mol. The fourth-order valence-electron chi connectivity index (χ4n) is 1.14. The Morgan fingerprint density at radius 1 is 1.43 bits per heavy atom. The van der Waals surface area contributed by atoms with Gasteiger partial charge in [-0.25, -0.2) is 0 Å². The van der Waals surface area contributed by atoms with Gasteiger partial charge in [-0.1, -0.05) is 42.8 Å². The molecule has 0 radical (unpaired) electrons. The van der Waals surface area contributed by atoms with Crippen molar-refractivity contribution in [2.24, 2.45) is 0 Å². The largest absolute Gasteiger partial charge is 0.294 e. The van der Waals surface area contributed by atoms with Crippen molar-refractivity contribution in [1.82, 2.24) is 0 Å². The normalized spacial score (nSPS) is 10.7. The van der Waals surface area contributed by atoms with E-state index in [1.807, 2.05) is 31.2 Å². The Balaban J connectivity index is 2.65. The standard InChI is InChI=1S/C12H13ClO/c1-2-3-7-11(14)9-10-6-4-5-8-12(10)13/h3-8H,2,9H2,1H3/b7-3+. The lowest BCUT2D eigenvalue weighted by Gasteiger charge is -1.99. The smallest absolute Gasteiger partial charge is 0.159 e. The first kappa shape index (κ1) is 11.0. The first-order chi connectivity index (χ1) is 6.74. The average Bonchev–Trinajstić information content (AvgIpc) is 2.18. The molecule has 74 valence electrons. The molecular formula is C12H13ClO. The number of hydrogen-bond acceptors (Lipinski definition) is 1. The lowest BCUT2D eigenvalue weighted by atomic mass is 10.1. The van der Waals surface area contributed by atoms with Crippen molar-refractivity contribution in [3.63, 3.8) is 0 Å². The van der Waals surface area contributed by atoms with E-state index in [0.717, 1.165) is 12.0 Å². The number of benzene rings is 1. The van der Waals surface area contributed by atoms with E-state index in [4.69, 9.17) is 11.6 Å². The summed E-state index contributed by atoms with van der Waals surface area (Å²) in [5.41, 5.74) is 0.889. The number of carbonyl (C=O) groups excluding carboxylic acids is 1. The van der Waals surface area contributed by atoms with Crippen LogP contribution >= 0.6 is 11.6 Å². The molecule has 1 aromatic rings. The third-order valence-electron chi connectivity index (χ3n) is 1.86. The highest BCUT2D eigenvalue weighted by Gasteiger charge is 2.02. The van der Waals surface area contributed by atoms with Crippen molar-refractivity contribution in [1.29, 1.82) is 0 Å². The second-order valence-corrected chi connectivity index (χ2v) is 3.45. The lowest BCUT2D eigenvalue weighted by molar-refractivity contribution is -0.114. The summed E-state index contributed by atoms with van der Waals surface area (Å²) in [6.45, 7) is 2.00. The van der Waals surface area contributed by atoms with Gasteiger partial charge in [0.2, 0.25) is 0 Å². The van der Waals surface area contributed by atoms with Crippen LogP contribution in [0.25, 0.3) is 0 Å². The van der Waals surface area contributed by atoms with Crippen LogP contribution in [0.4, 0.5) is 0 Å². The second-order valence-electron chi connectivity index (χ2n) is 3.05. The lowest BCUT2D eigenvalue weighted by Crippen LogP contribution is -1.98. The quantitative estimate of drug-likeness (QED) is 0.693. The van der Waals surface area contributed by atoms with Crippen molar-refractivity contribution in [3.8, 4) is 0 Å². The van der Waals surface area contributed by atoms with Crippen LogP contribution in [0.5, 0.6) is 0 Å². The van der Waals surface area contributed by atoms with Gasteiger partial charge in [0.1, 0.15) is 0 Å². The zero-order valence-electron chi connectivity index (χ0n) is 8.16. The zero-order chi connectivity index (χ0) is 10.4. The molecule has 0 N–H and O–H groups in total. The summed E-state index contributed by atoms with van der Waals surface area (Å²) in [4.78, 5) is 11.4. The first-order valence-corrected chi connectivity index (χ1v) is 5.04. The third kappa shape index (κ3) is 3.35. The highest BCUT2D eigenvalue weighted by molar-refractivity contribution is 6.31. The van der Waals surface area contributed by atoms with Crippen LogP contribution in [-0.4, -0.2) is 5.78 Å². The highest BCUT2D eigenvalue weighted by atomic mass is 35.5. The molecule has 0 saturated carbocycles. The van der Waals surface area contributed by atoms with E-state index in [0.29, 0.717) is 11.4 Å². The molecule has 1 aromatic carbocycles. The van der Waals surface area contributed by atoms with Crippen LogP contribution in [0.1, 0.15) is 18.9 Å². The monoisotopic (exact) mass is 208 g/mol. The molecule has 0 heterocycles. The van der Waals surface area contributed by atoms with Gasteiger partial charge in [-0.3, -0.25) is 4.79 Å². The maximum absolute atomic E-state index is 11.4. The molecule has 0 fully saturated rings. The molecule has 0 amide bonds. The Morgan fingerprint density at radius 3 is 2.79 bits per heavy atom. The number of carbonyl (C=O) groups is 1. The van der Waals surface area contributed by atoms with Gasteiger partial charge in [0.15, 0.2) is 5.78 Å². The SMILES string of the molecule is CC/C=C/C(=O)Cc1ccccc1Cl. The summed E-state index contributed by atoms with van der Waals surface area (Å²) in [5, 5.41) is 0.658. The summed E-state index contributed by atoms with van der Waals surface area (Å²) >= 11 is 5.93. The highest BCUT2D eigenvalue weighted by Crippen LogP contribution is 2.15. The fraction of sp³-hybridized carbons (Fsp3) is 0.250. The van der Waals surface area contributed by atoms with Crippen LogP contribution in [0.15, 0.2) is 36.4 Å². The first-order valence-electron chi connectivity index (χ1n) is 4.66. The van der Waals surface area contributed by atoms with Gasteiger partial charge in [-0.15, -0.1) is 0 Å². The van der Waals surface area contributed by atoms with E-state index in [1.165, 1.54) is 0 Å². The summed E-state index contributed by atoms with van der Waals surface area (Å²) in [5.74, 6) is 0.0972. The molecule has 0 saturated heterocycles. The Kier molecular flexibility index (Phi) is 4.41. The molecule has 1 nitrogen and oxygen atoms in total. The van der Waals surface area contributed by atoms with Crippen molar-refractivity contribution in [3.05, 3.63) is 47.0 Å². The van der Waals surface area contributed by atoms with E-state index in [1.54, 1.807) is 12.1 Å². The molecule has 1 rings (SSSR count). The molecule has 14 heavy (non-hydrogen) atoms. The van der Waals surface area contributed by atoms with Gasteiger partial charge in [0, 0.05) is 11.4 Å². The van der Waals surface area contributed by atoms with Gasteiger partial charge in [0.05, 0.1) is 0 Å². The molecule has 0 aliphatic rings. The van der Waals surface area contributed by atoms with Crippen molar-refractivity contribution >= 4 is 17.4 Å². The molecule has 2 heteroatoms. The molecule has 0 unspecified atom stereocenters. The molecule has 0 aliphatic heterocycles. The van der Waals surface area contributed by atoms with Gasteiger partial charge >= 0.3 is 0 Å². The number of allylic oxidation sites excluding steroid dienone is 2. The van der Waals surface area contributed by atoms with Crippen LogP contribution in [0, 0.1) is 0 Å². The second kappa shape index (κ2) is 5.61. The van der Waals surface area contributed by atoms with Crippen molar-refractivity contribution in [2.75, 3.05) is 0 Å². The predicted octanol–water partition coefficient (Wildman–Crippen LogP) is 3.42. The minimum atomic E-state index is 0.0972. The Hall–Kier alpha value is -1.08. The van der Waals surface area contributed by atoms with Gasteiger partial charge in [-0.2, -0.15) is 0 Å². The minimum Gasteiger partial charge on any atom is -0.294 e. The molecule has 0 spiro atoms. The van der Waals surface area contributed by atoms with Crippen molar-refractivity contribution in [2.45, 2.75) is 19.8 Å². The van der Waals surface area contributed by atoms with Crippen LogP contribution in [-0.2, 0) is 11.2 Å². The maximum atomic E-state index is 11.4. The van der Waals surface area contributed by atoms with Gasteiger partial charge < -0.3 is 0 Å². The fourth-order valence-corrected chi connectivity index (χ4v) is 1.34. The molecular weight excluding hydrogens is 196 g/mol. The third-order valence-corrected chi connectivity index (χ3v) is 2.23. The Morgan fingerprint density at radius 2 is 2.14 bits per heavy atom. The Labute approximate surface area is 89.4 Å². The van der Waals surface area contributed by atoms with Crippen LogP contribution < -0.4 is 0 Å². The Bertz CT molecular complexity index is 342. The van der Waals surface area contributed by atoms with Crippen LogP contribution in [0.3, 0.4) is 0 Å². The van der Waals surface area contributed by atoms with Gasteiger partial charge in [-0.05, 0) is 24.1 Å². The van der Waals surface area contributed by atoms with E-state index in [9.17, 15) is 4.79 Å². The summed E-state index contributed by atoms with van der Waals surface area (Å²) < 4.78 is 0. The molecule has 0 atom stereocenters. The number of hydrogen-bond donors (Lipinski definition) is 0. The number of ketones is 1. The summed E-state index contributed by atoms with van der Waals surface area (Å²) in [6.07, 6.45) is 4.74. The minimum absolute atomic E-state index is 0.0972. The summed E-state index contributed by atoms with van der Waals surface area (Å²) in [6, 6.07) is 7.42. The summed E-state index contributed by atoms with van der Waals surface area (Å²) in [7, 11) is 0. The van der Waals surface area contributed by atoms with E-state index in [2.05, 4.69) is 0 Å². The molecule has 0 bridgehead atoms.